The number of hydrogen-bond donors (Lipinski definition) is 2. The third-order valence-corrected chi connectivity index (χ3v) is 4.03. The second-order valence-electron chi connectivity index (χ2n) is 7.80. The van der Waals surface area contributed by atoms with Crippen molar-refractivity contribution in [3.05, 3.63) is 16.7 Å². The van der Waals surface area contributed by atoms with Gasteiger partial charge in [0.1, 0.15) is 5.82 Å². The molecule has 0 aliphatic rings. The second kappa shape index (κ2) is 6.67. The number of nitrogens with one attached hydrogen (secondary N) is 2. The molecule has 0 aliphatic heterocycles. The van der Waals surface area contributed by atoms with E-state index in [0.717, 1.165) is 0 Å². The van der Waals surface area contributed by atoms with Gasteiger partial charge in [-0.15, -0.1) is 0 Å². The Kier molecular flexibility index (Phi) is 5.13. The number of aromatic nitrogens is 3. The lowest BCUT2D eigenvalue weighted by molar-refractivity contribution is -0.123. The van der Waals surface area contributed by atoms with Crippen molar-refractivity contribution in [3.8, 4) is 0 Å². The van der Waals surface area contributed by atoms with E-state index in [2.05, 4.69) is 41.5 Å². The maximum atomic E-state index is 12.4. The van der Waals surface area contributed by atoms with E-state index in [4.69, 9.17) is 0 Å². The van der Waals surface area contributed by atoms with Crippen LogP contribution in [0, 0.1) is 10.8 Å². The van der Waals surface area contributed by atoms with Crippen LogP contribution in [0.4, 0.5) is 11.8 Å². The number of nitrogens with zero attached hydrogens (tertiary/aromatic N) is 3. The molecule has 0 saturated carbocycles. The van der Waals surface area contributed by atoms with Gasteiger partial charge in [-0.2, -0.15) is 9.97 Å². The maximum absolute atomic E-state index is 12.4. The van der Waals surface area contributed by atoms with Crippen LogP contribution in [0.1, 0.15) is 41.5 Å². The van der Waals surface area contributed by atoms with E-state index in [9.17, 15) is 9.59 Å². The topological polar surface area (TPSA) is 96.9 Å². The Labute approximate surface area is 155 Å². The third-order valence-electron chi connectivity index (χ3n) is 3.37. The van der Waals surface area contributed by atoms with Gasteiger partial charge in [-0.3, -0.25) is 14.9 Å². The number of amides is 2. The normalized spacial score (nSPS) is 12.1. The standard InChI is InChI=1S/C17H22BrN5O2/c1-16(2,3)13(24)20-12-10-9(18)7-8-19-11(10)21-15(22-12)23-14(25)17(4,5)6/h7-8H,1-6H3,(H2,19,20,21,22,23,24,25). The van der Waals surface area contributed by atoms with Crippen molar-refractivity contribution in [1.82, 2.24) is 15.0 Å². The van der Waals surface area contributed by atoms with Gasteiger partial charge in [-0.1, -0.05) is 41.5 Å². The van der Waals surface area contributed by atoms with Crippen molar-refractivity contribution in [2.24, 2.45) is 10.8 Å². The lowest BCUT2D eigenvalue weighted by Crippen LogP contribution is -2.30. The predicted octanol–water partition coefficient (Wildman–Crippen LogP) is 3.76. The zero-order valence-electron chi connectivity index (χ0n) is 15.2. The molecule has 2 N–H and O–H groups in total. The molecule has 0 aliphatic carbocycles. The van der Waals surface area contributed by atoms with E-state index >= 15 is 0 Å². The van der Waals surface area contributed by atoms with Gasteiger partial charge in [0.2, 0.25) is 17.8 Å². The Balaban J connectivity index is 2.53. The Morgan fingerprint density at radius 1 is 0.960 bits per heavy atom. The minimum atomic E-state index is -0.599. The van der Waals surface area contributed by atoms with Gasteiger partial charge in [0, 0.05) is 21.5 Å². The molecule has 8 heteroatoms. The Bertz CT molecular complexity index is 837. The maximum Gasteiger partial charge on any atom is 0.233 e. The number of hydrogen-bond acceptors (Lipinski definition) is 5. The zero-order valence-corrected chi connectivity index (χ0v) is 16.8. The second-order valence-corrected chi connectivity index (χ2v) is 8.65. The van der Waals surface area contributed by atoms with Crippen LogP contribution in [-0.4, -0.2) is 26.8 Å². The van der Waals surface area contributed by atoms with E-state index in [1.807, 2.05) is 0 Å². The SMILES string of the molecule is CC(C)(C)C(=O)Nc1nc(NC(=O)C(C)(C)C)c2c(Br)ccnc2n1. The first-order valence-corrected chi connectivity index (χ1v) is 8.64. The lowest BCUT2D eigenvalue weighted by atomic mass is 9.96. The summed E-state index contributed by atoms with van der Waals surface area (Å²) in [4.78, 5) is 37.4. The van der Waals surface area contributed by atoms with Crippen molar-refractivity contribution < 1.29 is 9.59 Å². The van der Waals surface area contributed by atoms with Crippen LogP contribution in [0.15, 0.2) is 16.7 Å². The quantitative estimate of drug-likeness (QED) is 0.789. The first kappa shape index (κ1) is 19.2. The van der Waals surface area contributed by atoms with E-state index < -0.39 is 10.8 Å². The van der Waals surface area contributed by atoms with Gasteiger partial charge < -0.3 is 5.32 Å². The Morgan fingerprint density at radius 2 is 1.52 bits per heavy atom. The molecule has 0 bridgehead atoms. The van der Waals surface area contributed by atoms with Crippen LogP contribution < -0.4 is 10.6 Å². The third kappa shape index (κ3) is 4.50. The monoisotopic (exact) mass is 407 g/mol. The number of halogens is 1. The van der Waals surface area contributed by atoms with Gasteiger partial charge in [0.15, 0.2) is 5.65 Å². The molecular weight excluding hydrogens is 386 g/mol. The molecule has 2 aromatic rings. The molecule has 0 radical (unpaired) electrons. The van der Waals surface area contributed by atoms with Crippen molar-refractivity contribution >= 4 is 50.5 Å². The van der Waals surface area contributed by atoms with Crippen molar-refractivity contribution in [3.63, 3.8) is 0 Å². The van der Waals surface area contributed by atoms with E-state index in [1.165, 1.54) is 0 Å². The molecule has 0 atom stereocenters. The summed E-state index contributed by atoms with van der Waals surface area (Å²) in [6.07, 6.45) is 1.59. The minimum absolute atomic E-state index is 0.0993. The van der Waals surface area contributed by atoms with Crippen LogP contribution in [0.5, 0.6) is 0 Å². The van der Waals surface area contributed by atoms with E-state index in [1.54, 1.807) is 53.8 Å². The molecule has 2 aromatic heterocycles. The van der Waals surface area contributed by atoms with Crippen molar-refractivity contribution in [2.75, 3.05) is 10.6 Å². The summed E-state index contributed by atoms with van der Waals surface area (Å²) in [5.74, 6) is -0.0253. The Morgan fingerprint density at radius 3 is 2.08 bits per heavy atom. The van der Waals surface area contributed by atoms with Crippen LogP contribution in [0.25, 0.3) is 11.0 Å². The molecule has 2 rings (SSSR count). The highest BCUT2D eigenvalue weighted by atomic mass is 79.9. The fourth-order valence-corrected chi connectivity index (χ4v) is 2.23. The van der Waals surface area contributed by atoms with Crippen molar-refractivity contribution in [2.45, 2.75) is 41.5 Å². The number of pyridine rings is 1. The zero-order chi connectivity index (χ0) is 19.0. The minimum Gasteiger partial charge on any atom is -0.309 e. The fourth-order valence-electron chi connectivity index (χ4n) is 1.75. The smallest absolute Gasteiger partial charge is 0.233 e. The van der Waals surface area contributed by atoms with E-state index in [-0.39, 0.29) is 17.8 Å². The average Bonchev–Trinajstić information content (AvgIpc) is 2.45. The van der Waals surface area contributed by atoms with E-state index in [0.29, 0.717) is 21.3 Å². The van der Waals surface area contributed by atoms with Gasteiger partial charge in [0.05, 0.1) is 5.39 Å². The van der Waals surface area contributed by atoms with Gasteiger partial charge in [-0.25, -0.2) is 4.98 Å². The summed E-state index contributed by atoms with van der Waals surface area (Å²) < 4.78 is 0.704. The highest BCUT2D eigenvalue weighted by molar-refractivity contribution is 9.10. The van der Waals surface area contributed by atoms with Gasteiger partial charge >= 0.3 is 0 Å². The summed E-state index contributed by atoms with van der Waals surface area (Å²) in [6.45, 7) is 10.8. The first-order chi connectivity index (χ1) is 11.4. The highest BCUT2D eigenvalue weighted by Crippen LogP contribution is 2.30. The molecular formula is C17H22BrN5O2. The molecule has 2 amide bonds. The molecule has 0 fully saturated rings. The van der Waals surface area contributed by atoms with Crippen LogP contribution in [0.2, 0.25) is 0 Å². The average molecular weight is 408 g/mol. The fraction of sp³-hybridized carbons (Fsp3) is 0.471. The highest BCUT2D eigenvalue weighted by Gasteiger charge is 2.25. The lowest BCUT2D eigenvalue weighted by Gasteiger charge is -2.20. The molecule has 25 heavy (non-hydrogen) atoms. The number of rotatable bonds is 2. The number of fused-ring (bicyclic) bond motifs is 1. The molecule has 2 heterocycles. The molecule has 7 nitrogen and oxygen atoms in total. The summed E-state index contributed by atoms with van der Waals surface area (Å²) in [6, 6.07) is 1.74. The summed E-state index contributed by atoms with van der Waals surface area (Å²) in [7, 11) is 0. The Hall–Kier alpha value is -2.09. The van der Waals surface area contributed by atoms with Crippen LogP contribution in [0.3, 0.4) is 0 Å². The molecule has 0 spiro atoms. The van der Waals surface area contributed by atoms with Gasteiger partial charge in [-0.05, 0) is 22.0 Å². The first-order valence-electron chi connectivity index (χ1n) is 7.85. The van der Waals surface area contributed by atoms with Crippen molar-refractivity contribution in [1.29, 1.82) is 0 Å². The number of carbonyl (C=O) groups is 2. The summed E-state index contributed by atoms with van der Waals surface area (Å²) in [5.41, 5.74) is -0.823. The number of carbonyl (C=O) groups excluding carboxylic acids is 2. The largest absolute Gasteiger partial charge is 0.309 e. The molecule has 134 valence electrons. The van der Waals surface area contributed by atoms with Crippen LogP contribution >= 0.6 is 15.9 Å². The number of anilines is 2. The summed E-state index contributed by atoms with van der Waals surface area (Å²) >= 11 is 3.44. The predicted molar refractivity (Wildman–Crippen MR) is 101 cm³/mol. The van der Waals surface area contributed by atoms with Crippen LogP contribution in [-0.2, 0) is 9.59 Å². The van der Waals surface area contributed by atoms with Gasteiger partial charge in [0.25, 0.3) is 0 Å². The molecule has 0 saturated heterocycles. The molecule has 0 aromatic carbocycles. The summed E-state index contributed by atoms with van der Waals surface area (Å²) in [5, 5.41) is 6.06. The molecule has 0 unspecified atom stereocenters.